The summed E-state index contributed by atoms with van der Waals surface area (Å²) in [7, 11) is 0. The van der Waals surface area contributed by atoms with E-state index in [0.717, 1.165) is 48.0 Å². The van der Waals surface area contributed by atoms with Gasteiger partial charge in [-0.25, -0.2) is 0 Å². The van der Waals surface area contributed by atoms with Gasteiger partial charge in [0.1, 0.15) is 13.2 Å². The molecule has 2 aliphatic heterocycles. The lowest BCUT2D eigenvalue weighted by Gasteiger charge is -2.30. The van der Waals surface area contributed by atoms with E-state index in [4.69, 9.17) is 21.1 Å². The van der Waals surface area contributed by atoms with E-state index < -0.39 is 0 Å². The van der Waals surface area contributed by atoms with Crippen molar-refractivity contribution in [3.8, 4) is 11.5 Å². The van der Waals surface area contributed by atoms with Gasteiger partial charge in [0.05, 0.1) is 0 Å². The lowest BCUT2D eigenvalue weighted by atomic mass is 9.86. The maximum absolute atomic E-state index is 6.32. The zero-order chi connectivity index (χ0) is 12.5. The van der Waals surface area contributed by atoms with Gasteiger partial charge in [-0.15, -0.1) is 0 Å². The number of fused-ring (bicyclic) bond motifs is 1. The molecule has 2 aliphatic rings. The molecule has 0 atom stereocenters. The average Bonchev–Trinajstić information content (AvgIpc) is 2.41. The van der Waals surface area contributed by atoms with Crippen molar-refractivity contribution in [2.75, 3.05) is 26.3 Å². The number of ether oxygens (including phenoxy) is 2. The molecule has 3 rings (SSSR count). The Labute approximate surface area is 112 Å². The summed E-state index contributed by atoms with van der Waals surface area (Å²) >= 11 is 6.32. The summed E-state index contributed by atoms with van der Waals surface area (Å²) < 4.78 is 11.5. The minimum Gasteiger partial charge on any atom is -0.486 e. The highest BCUT2D eigenvalue weighted by Gasteiger charge is 2.27. The second-order valence-corrected chi connectivity index (χ2v) is 5.35. The Balaban J connectivity index is 2.07. The van der Waals surface area contributed by atoms with Crippen LogP contribution in [0.2, 0.25) is 5.02 Å². The number of nitrogens with one attached hydrogen (secondary N) is 1. The molecule has 0 spiro atoms. The molecule has 3 nitrogen and oxygen atoms in total. The third-order valence-electron chi connectivity index (χ3n) is 3.82. The van der Waals surface area contributed by atoms with Crippen LogP contribution in [0.15, 0.2) is 6.07 Å². The fraction of sp³-hybridized carbons (Fsp3) is 0.571. The van der Waals surface area contributed by atoms with Crippen LogP contribution >= 0.6 is 11.6 Å². The molecule has 1 N–H and O–H groups in total. The monoisotopic (exact) mass is 267 g/mol. The molecule has 1 aromatic rings. The van der Waals surface area contributed by atoms with E-state index in [2.05, 4.69) is 12.2 Å². The Morgan fingerprint density at radius 1 is 1.22 bits per heavy atom. The summed E-state index contributed by atoms with van der Waals surface area (Å²) in [6, 6.07) is 1.88. The molecule has 0 radical (unpaired) electrons. The minimum absolute atomic E-state index is 0.528. The molecule has 0 unspecified atom stereocenters. The number of rotatable bonds is 1. The summed E-state index contributed by atoms with van der Waals surface area (Å²) in [6.07, 6.45) is 2.27. The number of piperidine rings is 1. The highest BCUT2D eigenvalue weighted by atomic mass is 35.5. The molecule has 0 amide bonds. The van der Waals surface area contributed by atoms with Gasteiger partial charge in [-0.3, -0.25) is 0 Å². The number of benzene rings is 1. The maximum Gasteiger partial charge on any atom is 0.165 e. The van der Waals surface area contributed by atoms with Gasteiger partial charge in [-0.05, 0) is 44.3 Å². The molecule has 0 bridgehead atoms. The lowest BCUT2D eigenvalue weighted by molar-refractivity contribution is 0.168. The van der Waals surface area contributed by atoms with Gasteiger partial charge in [0, 0.05) is 16.7 Å². The summed E-state index contributed by atoms with van der Waals surface area (Å²) in [6.45, 7) is 5.44. The van der Waals surface area contributed by atoms with Gasteiger partial charge in [-0.1, -0.05) is 11.6 Å². The largest absolute Gasteiger partial charge is 0.486 e. The first kappa shape index (κ1) is 12.1. The quantitative estimate of drug-likeness (QED) is 0.849. The number of hydrogen-bond acceptors (Lipinski definition) is 3. The summed E-state index contributed by atoms with van der Waals surface area (Å²) in [5.74, 6) is 2.26. The van der Waals surface area contributed by atoms with Crippen molar-refractivity contribution in [1.29, 1.82) is 0 Å². The van der Waals surface area contributed by atoms with Crippen LogP contribution in [0.4, 0.5) is 0 Å². The summed E-state index contributed by atoms with van der Waals surface area (Å²) in [5.41, 5.74) is 2.41. The molecule has 4 heteroatoms. The van der Waals surface area contributed by atoms with Crippen molar-refractivity contribution in [2.45, 2.75) is 25.7 Å². The average molecular weight is 268 g/mol. The van der Waals surface area contributed by atoms with Gasteiger partial charge < -0.3 is 14.8 Å². The molecule has 0 saturated carbocycles. The minimum atomic E-state index is 0.528. The zero-order valence-electron chi connectivity index (χ0n) is 10.6. The van der Waals surface area contributed by atoms with E-state index in [9.17, 15) is 0 Å². The van der Waals surface area contributed by atoms with Crippen LogP contribution in [0.1, 0.15) is 29.9 Å². The Bertz CT molecular complexity index is 456. The van der Waals surface area contributed by atoms with E-state index in [-0.39, 0.29) is 0 Å². The summed E-state index contributed by atoms with van der Waals surface area (Å²) in [4.78, 5) is 0. The lowest BCUT2D eigenvalue weighted by Crippen LogP contribution is -2.28. The highest BCUT2D eigenvalue weighted by molar-refractivity contribution is 6.31. The van der Waals surface area contributed by atoms with Crippen molar-refractivity contribution in [3.63, 3.8) is 0 Å². The van der Waals surface area contributed by atoms with Crippen molar-refractivity contribution in [3.05, 3.63) is 22.2 Å². The third kappa shape index (κ3) is 2.06. The molecule has 1 aromatic carbocycles. The van der Waals surface area contributed by atoms with Crippen LogP contribution in [0.25, 0.3) is 0 Å². The number of halogens is 1. The fourth-order valence-corrected chi connectivity index (χ4v) is 3.08. The molecular formula is C14H18ClNO2. The molecule has 1 saturated heterocycles. The zero-order valence-corrected chi connectivity index (χ0v) is 11.3. The molecule has 0 aliphatic carbocycles. The molecule has 2 heterocycles. The van der Waals surface area contributed by atoms with Crippen LogP contribution in [-0.4, -0.2) is 26.3 Å². The smallest absolute Gasteiger partial charge is 0.165 e. The Morgan fingerprint density at radius 2 is 1.94 bits per heavy atom. The molecule has 98 valence electrons. The first-order chi connectivity index (χ1) is 8.77. The van der Waals surface area contributed by atoms with Crippen LogP contribution in [0.5, 0.6) is 11.5 Å². The predicted octanol–water partition coefficient (Wildman–Crippen LogP) is 2.89. The topological polar surface area (TPSA) is 30.5 Å². The molecule has 18 heavy (non-hydrogen) atoms. The van der Waals surface area contributed by atoms with Gasteiger partial charge >= 0.3 is 0 Å². The standard InChI is InChI=1S/C14H18ClNO2/c1-9-11(15)8-12-14(18-7-6-17-12)13(9)10-2-4-16-5-3-10/h8,10,16H,2-7H2,1H3. The van der Waals surface area contributed by atoms with Gasteiger partial charge in [0.2, 0.25) is 0 Å². The van der Waals surface area contributed by atoms with Crippen LogP contribution in [0, 0.1) is 6.92 Å². The van der Waals surface area contributed by atoms with Crippen molar-refractivity contribution < 1.29 is 9.47 Å². The van der Waals surface area contributed by atoms with Gasteiger partial charge in [-0.2, -0.15) is 0 Å². The second-order valence-electron chi connectivity index (χ2n) is 4.95. The Kier molecular flexibility index (Phi) is 3.35. The van der Waals surface area contributed by atoms with Crippen molar-refractivity contribution >= 4 is 11.6 Å². The van der Waals surface area contributed by atoms with E-state index in [0.29, 0.717) is 19.1 Å². The van der Waals surface area contributed by atoms with Crippen LogP contribution in [0.3, 0.4) is 0 Å². The van der Waals surface area contributed by atoms with E-state index in [1.54, 1.807) is 0 Å². The van der Waals surface area contributed by atoms with Crippen molar-refractivity contribution in [2.24, 2.45) is 0 Å². The maximum atomic E-state index is 6.32. The predicted molar refractivity (Wildman–Crippen MR) is 72.0 cm³/mol. The fourth-order valence-electron chi connectivity index (χ4n) is 2.87. The number of hydrogen-bond donors (Lipinski definition) is 1. The first-order valence-corrected chi connectivity index (χ1v) is 6.94. The summed E-state index contributed by atoms with van der Waals surface area (Å²) in [5, 5.41) is 4.18. The van der Waals surface area contributed by atoms with E-state index >= 15 is 0 Å². The van der Waals surface area contributed by atoms with E-state index in [1.807, 2.05) is 6.07 Å². The Hall–Kier alpha value is -0.930. The van der Waals surface area contributed by atoms with Gasteiger partial charge in [0.25, 0.3) is 0 Å². The SMILES string of the molecule is Cc1c(Cl)cc2c(c1C1CCNCC1)OCCO2. The van der Waals surface area contributed by atoms with E-state index in [1.165, 1.54) is 5.56 Å². The third-order valence-corrected chi connectivity index (χ3v) is 4.22. The first-order valence-electron chi connectivity index (χ1n) is 6.56. The molecule has 0 aromatic heterocycles. The van der Waals surface area contributed by atoms with Crippen LogP contribution < -0.4 is 14.8 Å². The van der Waals surface area contributed by atoms with Crippen LogP contribution in [-0.2, 0) is 0 Å². The molecular weight excluding hydrogens is 250 g/mol. The Morgan fingerprint density at radius 3 is 2.72 bits per heavy atom. The second kappa shape index (κ2) is 4.98. The normalized spacial score (nSPS) is 19.9. The molecule has 1 fully saturated rings. The van der Waals surface area contributed by atoms with Gasteiger partial charge in [0.15, 0.2) is 11.5 Å². The van der Waals surface area contributed by atoms with Crippen molar-refractivity contribution in [1.82, 2.24) is 5.32 Å². The highest BCUT2D eigenvalue weighted by Crippen LogP contribution is 2.45.